The molecular formula is C19H26N2O5S. The number of furan rings is 1. The summed E-state index contributed by atoms with van der Waals surface area (Å²) in [5.41, 5.74) is 3.78. The minimum Gasteiger partial charge on any atom is -0.464 e. The molecule has 1 aromatic heterocycles. The molecule has 0 aliphatic carbocycles. The first-order chi connectivity index (χ1) is 12.7. The van der Waals surface area contributed by atoms with Crippen molar-refractivity contribution in [3.63, 3.8) is 0 Å². The number of fused-ring (bicyclic) bond motifs is 1. The first-order valence-corrected chi connectivity index (χ1v) is 10.5. The standard InChI is InChI=1S/C19H26N2O5S/c1-12-5-13(2)19-14(9-26-17(19)6-12)7-18(22)20-16-10-25-8-15(16)11-27(23,24)21(3)4/h5-6,9,15-16H,7-8,10-11H2,1-4H3,(H,20,22)/t15-,16-/m0/s1. The van der Waals surface area contributed by atoms with Gasteiger partial charge in [0.2, 0.25) is 15.9 Å². The zero-order valence-electron chi connectivity index (χ0n) is 16.1. The second-order valence-corrected chi connectivity index (χ2v) is 9.65. The lowest BCUT2D eigenvalue weighted by atomic mass is 10.0. The van der Waals surface area contributed by atoms with Crippen molar-refractivity contribution >= 4 is 26.9 Å². The van der Waals surface area contributed by atoms with Crippen LogP contribution in [0.2, 0.25) is 0 Å². The number of nitrogens with one attached hydrogen (secondary N) is 1. The number of rotatable bonds is 6. The van der Waals surface area contributed by atoms with Crippen LogP contribution < -0.4 is 5.32 Å². The quantitative estimate of drug-likeness (QED) is 0.804. The molecule has 8 heteroatoms. The average Bonchev–Trinajstić information content (AvgIpc) is 3.14. The van der Waals surface area contributed by atoms with Crippen LogP contribution in [0, 0.1) is 19.8 Å². The molecule has 3 rings (SSSR count). The zero-order valence-corrected chi connectivity index (χ0v) is 16.9. The number of hydrogen-bond donors (Lipinski definition) is 1. The van der Waals surface area contributed by atoms with Crippen LogP contribution in [0.1, 0.15) is 16.7 Å². The van der Waals surface area contributed by atoms with Gasteiger partial charge in [0.05, 0.1) is 37.7 Å². The van der Waals surface area contributed by atoms with E-state index in [1.54, 1.807) is 6.26 Å². The minimum atomic E-state index is -3.35. The smallest absolute Gasteiger partial charge is 0.224 e. The number of ether oxygens (including phenoxy) is 1. The number of sulfonamides is 1. The zero-order chi connectivity index (χ0) is 19.8. The fourth-order valence-corrected chi connectivity index (χ4v) is 4.70. The number of amides is 1. The summed E-state index contributed by atoms with van der Waals surface area (Å²) in [4.78, 5) is 12.6. The lowest BCUT2D eigenvalue weighted by Crippen LogP contribution is -2.44. The molecule has 7 nitrogen and oxygen atoms in total. The summed E-state index contributed by atoms with van der Waals surface area (Å²) in [6.45, 7) is 4.65. The SMILES string of the molecule is Cc1cc(C)c2c(CC(=O)N[C@H]3COC[C@H]3CS(=O)(=O)N(C)C)coc2c1. The highest BCUT2D eigenvalue weighted by Crippen LogP contribution is 2.27. The highest BCUT2D eigenvalue weighted by molar-refractivity contribution is 7.89. The molecule has 1 fully saturated rings. The van der Waals surface area contributed by atoms with Gasteiger partial charge in [-0.25, -0.2) is 12.7 Å². The van der Waals surface area contributed by atoms with Crippen LogP contribution in [0.15, 0.2) is 22.8 Å². The lowest BCUT2D eigenvalue weighted by Gasteiger charge is -2.21. The van der Waals surface area contributed by atoms with Crippen LogP contribution in [0.25, 0.3) is 11.0 Å². The molecule has 0 unspecified atom stereocenters. The van der Waals surface area contributed by atoms with Gasteiger partial charge in [0.15, 0.2) is 0 Å². The van der Waals surface area contributed by atoms with Crippen molar-refractivity contribution in [3.05, 3.63) is 35.1 Å². The van der Waals surface area contributed by atoms with E-state index in [1.807, 2.05) is 19.9 Å². The first-order valence-electron chi connectivity index (χ1n) is 8.92. The topological polar surface area (TPSA) is 88.8 Å². The molecule has 2 aromatic rings. The molecule has 1 aromatic carbocycles. The Morgan fingerprint density at radius 1 is 1.26 bits per heavy atom. The van der Waals surface area contributed by atoms with Gasteiger partial charge in [-0.15, -0.1) is 0 Å². The fraction of sp³-hybridized carbons (Fsp3) is 0.526. The van der Waals surface area contributed by atoms with Crippen molar-refractivity contribution in [1.82, 2.24) is 9.62 Å². The molecular weight excluding hydrogens is 368 g/mol. The van der Waals surface area contributed by atoms with Crippen molar-refractivity contribution < 1.29 is 22.4 Å². The fourth-order valence-electron chi connectivity index (χ4n) is 3.53. The van der Waals surface area contributed by atoms with Gasteiger partial charge in [-0.1, -0.05) is 6.07 Å². The monoisotopic (exact) mass is 394 g/mol. The van der Waals surface area contributed by atoms with Crippen LogP contribution in [0.4, 0.5) is 0 Å². The Balaban J connectivity index is 1.69. The molecule has 0 bridgehead atoms. The van der Waals surface area contributed by atoms with Gasteiger partial charge in [-0.3, -0.25) is 4.79 Å². The molecule has 2 heterocycles. The van der Waals surface area contributed by atoms with E-state index >= 15 is 0 Å². The third-order valence-corrected chi connectivity index (χ3v) is 6.93. The third kappa shape index (κ3) is 4.34. The second kappa shape index (κ2) is 7.61. The summed E-state index contributed by atoms with van der Waals surface area (Å²) < 4.78 is 36.5. The number of carbonyl (C=O) groups is 1. The van der Waals surface area contributed by atoms with Crippen molar-refractivity contribution in [3.8, 4) is 0 Å². The minimum absolute atomic E-state index is 0.0437. The van der Waals surface area contributed by atoms with Crippen molar-refractivity contribution in [2.24, 2.45) is 5.92 Å². The van der Waals surface area contributed by atoms with Crippen molar-refractivity contribution in [1.29, 1.82) is 0 Å². The number of benzene rings is 1. The lowest BCUT2D eigenvalue weighted by molar-refractivity contribution is -0.121. The van der Waals surface area contributed by atoms with Gasteiger partial charge in [-0.2, -0.15) is 0 Å². The number of hydrogen-bond acceptors (Lipinski definition) is 5. The van der Waals surface area contributed by atoms with Crippen LogP contribution in [-0.4, -0.2) is 57.7 Å². The number of carbonyl (C=O) groups excluding carboxylic acids is 1. The predicted octanol–water partition coefficient (Wildman–Crippen LogP) is 1.61. The molecule has 0 spiro atoms. The van der Waals surface area contributed by atoms with E-state index in [4.69, 9.17) is 9.15 Å². The summed E-state index contributed by atoms with van der Waals surface area (Å²) in [7, 11) is -0.338. The van der Waals surface area contributed by atoms with E-state index in [1.165, 1.54) is 18.4 Å². The maximum atomic E-state index is 12.6. The van der Waals surface area contributed by atoms with E-state index in [9.17, 15) is 13.2 Å². The summed E-state index contributed by atoms with van der Waals surface area (Å²) in [6.07, 6.45) is 1.80. The van der Waals surface area contributed by atoms with Crippen LogP contribution in [0.5, 0.6) is 0 Å². The normalized spacial score (nSPS) is 20.5. The number of aryl methyl sites for hydroxylation is 2. The first kappa shape index (κ1) is 19.9. The summed E-state index contributed by atoms with van der Waals surface area (Å²) in [6, 6.07) is 3.71. The molecule has 0 saturated carbocycles. The maximum Gasteiger partial charge on any atom is 0.224 e. The van der Waals surface area contributed by atoms with Crippen molar-refractivity contribution in [2.45, 2.75) is 26.3 Å². The average molecular weight is 394 g/mol. The Kier molecular flexibility index (Phi) is 5.60. The van der Waals surface area contributed by atoms with Gasteiger partial charge in [0, 0.05) is 31.0 Å². The highest BCUT2D eigenvalue weighted by Gasteiger charge is 2.34. The van der Waals surface area contributed by atoms with Gasteiger partial charge < -0.3 is 14.5 Å². The van der Waals surface area contributed by atoms with Gasteiger partial charge in [-0.05, 0) is 31.0 Å². The molecule has 1 amide bonds. The van der Waals surface area contributed by atoms with E-state index in [2.05, 4.69) is 11.4 Å². The summed E-state index contributed by atoms with van der Waals surface area (Å²) >= 11 is 0. The Morgan fingerprint density at radius 2 is 2.00 bits per heavy atom. The van der Waals surface area contributed by atoms with Crippen LogP contribution in [0.3, 0.4) is 0 Å². The molecule has 1 aliphatic rings. The molecule has 1 N–H and O–H groups in total. The van der Waals surface area contributed by atoms with Crippen LogP contribution >= 0.6 is 0 Å². The highest BCUT2D eigenvalue weighted by atomic mass is 32.2. The van der Waals surface area contributed by atoms with Crippen molar-refractivity contribution in [2.75, 3.05) is 33.1 Å². The van der Waals surface area contributed by atoms with E-state index in [-0.39, 0.29) is 30.0 Å². The molecule has 148 valence electrons. The summed E-state index contributed by atoms with van der Waals surface area (Å²) in [5.74, 6) is -0.468. The van der Waals surface area contributed by atoms with E-state index in [0.29, 0.717) is 13.2 Å². The molecule has 1 saturated heterocycles. The van der Waals surface area contributed by atoms with Gasteiger partial charge in [0.1, 0.15) is 5.58 Å². The Bertz CT molecular complexity index is 948. The number of nitrogens with zero attached hydrogens (tertiary/aromatic N) is 1. The molecule has 2 atom stereocenters. The Labute approximate surface area is 159 Å². The molecule has 1 aliphatic heterocycles. The Hall–Kier alpha value is -1.90. The predicted molar refractivity (Wildman–Crippen MR) is 103 cm³/mol. The summed E-state index contributed by atoms with van der Waals surface area (Å²) in [5, 5.41) is 3.90. The maximum absolute atomic E-state index is 12.6. The second-order valence-electron chi connectivity index (χ2n) is 7.43. The third-order valence-electron chi connectivity index (χ3n) is 4.97. The molecule has 0 radical (unpaired) electrons. The Morgan fingerprint density at radius 3 is 2.70 bits per heavy atom. The van der Waals surface area contributed by atoms with E-state index in [0.717, 1.165) is 27.7 Å². The largest absolute Gasteiger partial charge is 0.464 e. The van der Waals surface area contributed by atoms with Gasteiger partial charge >= 0.3 is 0 Å². The van der Waals surface area contributed by atoms with Crippen LogP contribution in [-0.2, 0) is 26.0 Å². The van der Waals surface area contributed by atoms with E-state index < -0.39 is 10.0 Å². The van der Waals surface area contributed by atoms with Gasteiger partial charge in [0.25, 0.3) is 0 Å². The molecule has 27 heavy (non-hydrogen) atoms.